The molecule has 0 aliphatic heterocycles. The van der Waals surface area contributed by atoms with Gasteiger partial charge in [-0.1, -0.05) is 18.2 Å². The van der Waals surface area contributed by atoms with Gasteiger partial charge in [-0.3, -0.25) is 9.59 Å². The number of rotatable bonds is 4. The van der Waals surface area contributed by atoms with Crippen molar-refractivity contribution in [3.8, 4) is 10.6 Å². The number of carbonyl (C=O) groups is 2. The predicted molar refractivity (Wildman–Crippen MR) is 110 cm³/mol. The lowest BCUT2D eigenvalue weighted by atomic mass is 10.1. The molecule has 27 heavy (non-hydrogen) atoms. The highest BCUT2D eigenvalue weighted by atomic mass is 32.1. The molecule has 3 aromatic rings. The van der Waals surface area contributed by atoms with Crippen LogP contribution in [-0.4, -0.2) is 16.8 Å². The molecule has 0 fully saturated rings. The Labute approximate surface area is 162 Å². The lowest BCUT2D eigenvalue weighted by Crippen LogP contribution is -2.13. The van der Waals surface area contributed by atoms with E-state index in [4.69, 9.17) is 0 Å². The summed E-state index contributed by atoms with van der Waals surface area (Å²) < 4.78 is 0. The molecule has 0 atom stereocenters. The molecule has 0 saturated carbocycles. The summed E-state index contributed by atoms with van der Waals surface area (Å²) in [6.45, 7) is 7.35. The van der Waals surface area contributed by atoms with E-state index in [2.05, 4.69) is 21.7 Å². The van der Waals surface area contributed by atoms with Gasteiger partial charge < -0.3 is 10.6 Å². The minimum Gasteiger partial charge on any atom is -0.326 e. The van der Waals surface area contributed by atoms with Crippen LogP contribution in [0.3, 0.4) is 0 Å². The second-order valence-electron chi connectivity index (χ2n) is 6.52. The molecule has 5 nitrogen and oxygen atoms in total. The van der Waals surface area contributed by atoms with Crippen LogP contribution in [0.4, 0.5) is 11.4 Å². The standard InChI is InChI=1S/C21H21N3O2S/c1-12-8-13(2)10-18(9-12)23-20(26)19-14(3)27-21(24-19)16-6-5-7-17(11-16)22-15(4)25/h5-11H,1-4H3,(H,22,25)(H,23,26). The van der Waals surface area contributed by atoms with Gasteiger partial charge in [-0.25, -0.2) is 4.98 Å². The monoisotopic (exact) mass is 379 g/mol. The van der Waals surface area contributed by atoms with Crippen molar-refractivity contribution in [1.82, 2.24) is 4.98 Å². The summed E-state index contributed by atoms with van der Waals surface area (Å²) in [4.78, 5) is 29.3. The smallest absolute Gasteiger partial charge is 0.275 e. The SMILES string of the molecule is CC(=O)Nc1cccc(-c2nc(C(=O)Nc3cc(C)cc(C)c3)c(C)s2)c1. The van der Waals surface area contributed by atoms with Gasteiger partial charge in [0.15, 0.2) is 0 Å². The molecule has 1 heterocycles. The zero-order valence-corrected chi connectivity index (χ0v) is 16.5. The molecule has 0 radical (unpaired) electrons. The summed E-state index contributed by atoms with van der Waals surface area (Å²) in [5, 5.41) is 6.43. The third-order valence-electron chi connectivity index (χ3n) is 3.92. The molecule has 0 unspecified atom stereocenters. The van der Waals surface area contributed by atoms with Crippen LogP contribution in [0.5, 0.6) is 0 Å². The van der Waals surface area contributed by atoms with Crippen molar-refractivity contribution in [2.75, 3.05) is 10.6 Å². The molecule has 0 spiro atoms. The number of benzene rings is 2. The number of nitrogens with one attached hydrogen (secondary N) is 2. The number of hydrogen-bond acceptors (Lipinski definition) is 4. The summed E-state index contributed by atoms with van der Waals surface area (Å²) in [6.07, 6.45) is 0. The Morgan fingerprint density at radius 1 is 0.926 bits per heavy atom. The molecule has 2 aromatic carbocycles. The van der Waals surface area contributed by atoms with Gasteiger partial charge in [0.25, 0.3) is 5.91 Å². The van der Waals surface area contributed by atoms with Gasteiger partial charge >= 0.3 is 0 Å². The van der Waals surface area contributed by atoms with E-state index in [1.807, 2.05) is 57.2 Å². The van der Waals surface area contributed by atoms with Crippen LogP contribution in [-0.2, 0) is 4.79 Å². The average Bonchev–Trinajstić information content (AvgIpc) is 2.95. The lowest BCUT2D eigenvalue weighted by Gasteiger charge is -2.06. The maximum Gasteiger partial charge on any atom is 0.275 e. The summed E-state index contributed by atoms with van der Waals surface area (Å²) in [6, 6.07) is 13.4. The summed E-state index contributed by atoms with van der Waals surface area (Å²) >= 11 is 1.46. The number of aromatic nitrogens is 1. The van der Waals surface area contributed by atoms with Gasteiger partial charge in [-0.05, 0) is 56.2 Å². The minimum atomic E-state index is -0.224. The summed E-state index contributed by atoms with van der Waals surface area (Å²) in [5.41, 5.74) is 4.93. The molecule has 0 bridgehead atoms. The Morgan fingerprint density at radius 2 is 1.63 bits per heavy atom. The maximum atomic E-state index is 12.7. The van der Waals surface area contributed by atoms with Crippen molar-refractivity contribution in [3.05, 3.63) is 64.2 Å². The first-order chi connectivity index (χ1) is 12.8. The van der Waals surface area contributed by atoms with Crippen molar-refractivity contribution in [1.29, 1.82) is 0 Å². The first kappa shape index (κ1) is 18.8. The van der Waals surface area contributed by atoms with Gasteiger partial charge in [-0.15, -0.1) is 11.3 Å². The van der Waals surface area contributed by atoms with Crippen molar-refractivity contribution in [3.63, 3.8) is 0 Å². The molecule has 2 N–H and O–H groups in total. The maximum absolute atomic E-state index is 12.7. The van der Waals surface area contributed by atoms with Crippen molar-refractivity contribution in [2.24, 2.45) is 0 Å². The van der Waals surface area contributed by atoms with Gasteiger partial charge in [0.1, 0.15) is 10.7 Å². The Kier molecular flexibility index (Phi) is 5.37. The highest BCUT2D eigenvalue weighted by Crippen LogP contribution is 2.30. The number of hydrogen-bond donors (Lipinski definition) is 2. The van der Waals surface area contributed by atoms with Crippen molar-refractivity contribution in [2.45, 2.75) is 27.7 Å². The molecule has 6 heteroatoms. The second kappa shape index (κ2) is 7.72. The van der Waals surface area contributed by atoms with Crippen LogP contribution < -0.4 is 10.6 Å². The molecule has 0 aliphatic carbocycles. The number of thiazole rings is 1. The van der Waals surface area contributed by atoms with E-state index in [1.54, 1.807) is 0 Å². The Bertz CT molecular complexity index is 1000. The molecular weight excluding hydrogens is 358 g/mol. The average molecular weight is 379 g/mol. The molecular formula is C21H21N3O2S. The fourth-order valence-electron chi connectivity index (χ4n) is 2.90. The number of anilines is 2. The molecule has 138 valence electrons. The van der Waals surface area contributed by atoms with Crippen LogP contribution in [0.2, 0.25) is 0 Å². The van der Waals surface area contributed by atoms with Crippen LogP contribution in [0.15, 0.2) is 42.5 Å². The van der Waals surface area contributed by atoms with Gasteiger partial charge in [0.05, 0.1) is 0 Å². The van der Waals surface area contributed by atoms with E-state index < -0.39 is 0 Å². The van der Waals surface area contributed by atoms with Gasteiger partial charge in [0, 0.05) is 28.7 Å². The number of aryl methyl sites for hydroxylation is 3. The predicted octanol–water partition coefficient (Wildman–Crippen LogP) is 4.95. The van der Waals surface area contributed by atoms with E-state index in [9.17, 15) is 9.59 Å². The normalized spacial score (nSPS) is 10.5. The van der Waals surface area contributed by atoms with Crippen LogP contribution >= 0.6 is 11.3 Å². The zero-order chi connectivity index (χ0) is 19.6. The van der Waals surface area contributed by atoms with Crippen LogP contribution in [0.1, 0.15) is 33.4 Å². The molecule has 1 aromatic heterocycles. The topological polar surface area (TPSA) is 71.1 Å². The highest BCUT2D eigenvalue weighted by Gasteiger charge is 2.17. The first-order valence-electron chi connectivity index (χ1n) is 8.57. The van der Waals surface area contributed by atoms with Crippen LogP contribution in [0, 0.1) is 20.8 Å². The van der Waals surface area contributed by atoms with Crippen molar-refractivity contribution < 1.29 is 9.59 Å². The van der Waals surface area contributed by atoms with Gasteiger partial charge in [-0.2, -0.15) is 0 Å². The summed E-state index contributed by atoms with van der Waals surface area (Å²) in [5.74, 6) is -0.353. The second-order valence-corrected chi connectivity index (χ2v) is 7.72. The quantitative estimate of drug-likeness (QED) is 0.674. The highest BCUT2D eigenvalue weighted by molar-refractivity contribution is 7.15. The van der Waals surface area contributed by atoms with E-state index in [1.165, 1.54) is 18.3 Å². The van der Waals surface area contributed by atoms with Crippen LogP contribution in [0.25, 0.3) is 10.6 Å². The number of amides is 2. The molecule has 2 amide bonds. The number of carbonyl (C=O) groups excluding carboxylic acids is 2. The molecule has 0 saturated heterocycles. The Morgan fingerprint density at radius 3 is 2.30 bits per heavy atom. The minimum absolute atomic E-state index is 0.129. The van der Waals surface area contributed by atoms with E-state index >= 15 is 0 Å². The fourth-order valence-corrected chi connectivity index (χ4v) is 3.81. The fraction of sp³-hybridized carbons (Fsp3) is 0.190. The van der Waals surface area contributed by atoms with E-state index in [0.29, 0.717) is 11.4 Å². The zero-order valence-electron chi connectivity index (χ0n) is 15.7. The Balaban J connectivity index is 1.85. The first-order valence-corrected chi connectivity index (χ1v) is 9.38. The largest absolute Gasteiger partial charge is 0.326 e. The summed E-state index contributed by atoms with van der Waals surface area (Å²) in [7, 11) is 0. The number of nitrogens with zero attached hydrogens (tertiary/aromatic N) is 1. The van der Waals surface area contributed by atoms with E-state index in [0.717, 1.165) is 32.3 Å². The van der Waals surface area contributed by atoms with Gasteiger partial charge in [0.2, 0.25) is 5.91 Å². The Hall–Kier alpha value is -2.99. The molecule has 0 aliphatic rings. The molecule has 3 rings (SSSR count). The third-order valence-corrected chi connectivity index (χ3v) is 4.94. The van der Waals surface area contributed by atoms with E-state index in [-0.39, 0.29) is 11.8 Å². The third kappa shape index (κ3) is 4.60. The lowest BCUT2D eigenvalue weighted by molar-refractivity contribution is -0.114. The van der Waals surface area contributed by atoms with Crippen molar-refractivity contribution >= 4 is 34.5 Å².